The predicted molar refractivity (Wildman–Crippen MR) is 121 cm³/mol. The van der Waals surface area contributed by atoms with Crippen molar-refractivity contribution in [1.82, 2.24) is 0 Å². The Kier molecular flexibility index (Phi) is 6.82. The van der Waals surface area contributed by atoms with Gasteiger partial charge in [0.15, 0.2) is 0 Å². The van der Waals surface area contributed by atoms with Gasteiger partial charge in [0.2, 0.25) is 0 Å². The van der Waals surface area contributed by atoms with Gasteiger partial charge in [0.05, 0.1) is 10.8 Å². The van der Waals surface area contributed by atoms with Crippen molar-refractivity contribution in [3.05, 3.63) is 0 Å². The lowest BCUT2D eigenvalue weighted by Crippen LogP contribution is -2.63. The first-order chi connectivity index (χ1) is 14.2. The van der Waals surface area contributed by atoms with Crippen LogP contribution in [-0.2, 0) is 19.1 Å². The lowest BCUT2D eigenvalue weighted by molar-refractivity contribution is -0.191. The molecule has 3 fully saturated rings. The molecule has 5 nitrogen and oxygen atoms in total. The van der Waals surface area contributed by atoms with Crippen LogP contribution in [-0.4, -0.2) is 41.2 Å². The summed E-state index contributed by atoms with van der Waals surface area (Å²) < 4.78 is 10.4. The van der Waals surface area contributed by atoms with E-state index in [-0.39, 0.29) is 30.0 Å². The van der Waals surface area contributed by atoms with Gasteiger partial charge in [-0.3, -0.25) is 9.59 Å². The summed E-state index contributed by atoms with van der Waals surface area (Å²) in [4.78, 5) is 23.7. The Morgan fingerprint density at radius 2 is 1.55 bits per heavy atom. The molecule has 0 aromatic carbocycles. The summed E-state index contributed by atoms with van der Waals surface area (Å²) in [5, 5.41) is 10.0. The van der Waals surface area contributed by atoms with E-state index in [0.717, 1.165) is 25.7 Å². The average Bonchev–Trinajstić information content (AvgIpc) is 2.62. The molecule has 178 valence electrons. The van der Waals surface area contributed by atoms with Crippen LogP contribution in [0.5, 0.6) is 0 Å². The van der Waals surface area contributed by atoms with Gasteiger partial charge in [0.25, 0.3) is 0 Å². The molecule has 1 N–H and O–H groups in total. The first kappa shape index (κ1) is 24.8. The molecule has 3 aliphatic carbocycles. The van der Waals surface area contributed by atoms with Crippen LogP contribution in [0.25, 0.3) is 0 Å². The summed E-state index contributed by atoms with van der Waals surface area (Å²) >= 11 is 7.00. The van der Waals surface area contributed by atoms with Gasteiger partial charge in [0.1, 0.15) is 19.3 Å². The molecule has 0 amide bonds. The molecule has 0 bridgehead atoms. The fourth-order valence-corrected chi connectivity index (χ4v) is 8.44. The first-order valence-electron chi connectivity index (χ1n) is 11.9. The SMILES string of the molecule is CC(=O)OC[C@H](O)COC(=O)[C@@H]1[C@@]2(C)CC[C@@H]3C(C)(C)CCC[C@@]3(C)[C@@H]2CC[C@]1(C)Cl. The van der Waals surface area contributed by atoms with Crippen LogP contribution in [0.4, 0.5) is 0 Å². The second-order valence-corrected chi connectivity index (χ2v) is 12.7. The monoisotopic (exact) mass is 456 g/mol. The van der Waals surface area contributed by atoms with Crippen LogP contribution in [0.15, 0.2) is 0 Å². The second kappa shape index (κ2) is 8.52. The Morgan fingerprint density at radius 1 is 0.935 bits per heavy atom. The van der Waals surface area contributed by atoms with Gasteiger partial charge in [-0.05, 0) is 73.5 Å². The molecule has 0 spiro atoms. The summed E-state index contributed by atoms with van der Waals surface area (Å²) in [5.41, 5.74) is 0.299. The molecule has 0 aliphatic heterocycles. The lowest BCUT2D eigenvalue weighted by Gasteiger charge is -2.66. The van der Waals surface area contributed by atoms with Gasteiger partial charge in [-0.1, -0.05) is 34.1 Å². The fraction of sp³-hybridized carbons (Fsp3) is 0.920. The molecule has 0 aromatic heterocycles. The van der Waals surface area contributed by atoms with Crippen molar-refractivity contribution in [3.8, 4) is 0 Å². The number of rotatable bonds is 5. The van der Waals surface area contributed by atoms with E-state index in [4.69, 9.17) is 21.1 Å². The quantitative estimate of drug-likeness (QED) is 0.459. The Morgan fingerprint density at radius 3 is 2.19 bits per heavy atom. The molecule has 0 aromatic rings. The molecule has 0 saturated heterocycles. The Labute approximate surface area is 192 Å². The molecule has 0 heterocycles. The van der Waals surface area contributed by atoms with E-state index in [9.17, 15) is 14.7 Å². The normalized spacial score (nSPS) is 42.6. The van der Waals surface area contributed by atoms with Crippen LogP contribution in [0.1, 0.15) is 86.5 Å². The third kappa shape index (κ3) is 4.51. The first-order valence-corrected chi connectivity index (χ1v) is 12.3. The Bertz CT molecular complexity index is 704. The van der Waals surface area contributed by atoms with Gasteiger partial charge in [-0.2, -0.15) is 0 Å². The zero-order valence-corrected chi connectivity index (χ0v) is 20.9. The van der Waals surface area contributed by atoms with Gasteiger partial charge < -0.3 is 14.6 Å². The summed E-state index contributed by atoms with van der Waals surface area (Å²) in [6.07, 6.45) is 6.60. The largest absolute Gasteiger partial charge is 0.463 e. The summed E-state index contributed by atoms with van der Waals surface area (Å²) in [6, 6.07) is 0. The van der Waals surface area contributed by atoms with E-state index in [1.165, 1.54) is 26.2 Å². The third-order valence-electron chi connectivity index (χ3n) is 9.16. The number of carbonyl (C=O) groups excluding carboxylic acids is 2. The van der Waals surface area contributed by atoms with Crippen LogP contribution < -0.4 is 0 Å². The highest BCUT2D eigenvalue weighted by atomic mass is 35.5. The maximum absolute atomic E-state index is 13.4. The number of hydrogen-bond acceptors (Lipinski definition) is 5. The van der Waals surface area contributed by atoms with Gasteiger partial charge in [-0.15, -0.1) is 11.6 Å². The molecule has 3 aliphatic rings. The van der Waals surface area contributed by atoms with Crippen LogP contribution in [0, 0.1) is 34.0 Å². The number of ether oxygens (including phenoxy) is 2. The summed E-state index contributed by atoms with van der Waals surface area (Å²) in [5.74, 6) is -0.142. The summed E-state index contributed by atoms with van der Waals surface area (Å²) in [6.45, 7) is 12.4. The van der Waals surface area contributed by atoms with Crippen LogP contribution >= 0.6 is 11.6 Å². The minimum atomic E-state index is -1.03. The standard InChI is InChI=1S/C25H41ClO5/c1-16(27)30-14-17(28)15-31-21(29)20-24(5)12-8-18-22(2,3)10-7-11-23(18,4)19(24)9-13-25(20,6)26/h17-20,28H,7-15H2,1-6H3/t17-,18+,19-,20+,23+,24-,25-/m0/s1. The van der Waals surface area contributed by atoms with Crippen molar-refractivity contribution in [2.24, 2.45) is 34.0 Å². The number of alkyl halides is 1. The van der Waals surface area contributed by atoms with Crippen molar-refractivity contribution < 1.29 is 24.2 Å². The molecule has 31 heavy (non-hydrogen) atoms. The minimum absolute atomic E-state index is 0.180. The molecule has 0 unspecified atom stereocenters. The predicted octanol–water partition coefficient (Wildman–Crippen LogP) is 5.11. The molecular formula is C25H41ClO5. The van der Waals surface area contributed by atoms with Crippen molar-refractivity contribution in [2.45, 2.75) is 97.5 Å². The van der Waals surface area contributed by atoms with E-state index in [2.05, 4.69) is 27.7 Å². The van der Waals surface area contributed by atoms with Crippen molar-refractivity contribution in [3.63, 3.8) is 0 Å². The average molecular weight is 457 g/mol. The maximum Gasteiger partial charge on any atom is 0.311 e. The van der Waals surface area contributed by atoms with E-state index in [0.29, 0.717) is 17.3 Å². The van der Waals surface area contributed by atoms with Crippen molar-refractivity contribution in [2.75, 3.05) is 13.2 Å². The number of fused-ring (bicyclic) bond motifs is 3. The van der Waals surface area contributed by atoms with Gasteiger partial charge >= 0.3 is 11.9 Å². The fourth-order valence-electron chi connectivity index (χ4n) is 7.99. The highest BCUT2D eigenvalue weighted by molar-refractivity contribution is 6.25. The topological polar surface area (TPSA) is 72.8 Å². The second-order valence-electron chi connectivity index (χ2n) is 11.8. The molecular weight excluding hydrogens is 416 g/mol. The minimum Gasteiger partial charge on any atom is -0.463 e. The smallest absolute Gasteiger partial charge is 0.311 e. The Balaban J connectivity index is 1.82. The summed E-state index contributed by atoms with van der Waals surface area (Å²) in [7, 11) is 0. The molecule has 7 atom stereocenters. The van der Waals surface area contributed by atoms with E-state index < -0.39 is 22.9 Å². The number of aliphatic hydroxyl groups excluding tert-OH is 1. The van der Waals surface area contributed by atoms with E-state index >= 15 is 0 Å². The van der Waals surface area contributed by atoms with Crippen LogP contribution in [0.2, 0.25) is 0 Å². The maximum atomic E-state index is 13.4. The van der Waals surface area contributed by atoms with Crippen molar-refractivity contribution >= 4 is 23.5 Å². The zero-order chi connectivity index (χ0) is 23.2. The van der Waals surface area contributed by atoms with Gasteiger partial charge in [0, 0.05) is 6.92 Å². The number of hydrogen-bond donors (Lipinski definition) is 1. The lowest BCUT2D eigenvalue weighted by atomic mass is 9.38. The van der Waals surface area contributed by atoms with Crippen LogP contribution in [0.3, 0.4) is 0 Å². The molecule has 6 heteroatoms. The van der Waals surface area contributed by atoms with Crippen molar-refractivity contribution in [1.29, 1.82) is 0 Å². The number of carbonyl (C=O) groups is 2. The molecule has 0 radical (unpaired) electrons. The Hall–Kier alpha value is -0.810. The number of halogens is 1. The highest BCUT2D eigenvalue weighted by Gasteiger charge is 2.65. The zero-order valence-electron chi connectivity index (χ0n) is 20.1. The molecule has 3 rings (SSSR count). The van der Waals surface area contributed by atoms with Gasteiger partial charge in [-0.25, -0.2) is 0 Å². The van der Waals surface area contributed by atoms with E-state index in [1.54, 1.807) is 0 Å². The van der Waals surface area contributed by atoms with E-state index in [1.807, 2.05) is 6.92 Å². The highest BCUT2D eigenvalue weighted by Crippen LogP contribution is 2.70. The number of esters is 2. The third-order valence-corrected chi connectivity index (χ3v) is 9.56. The number of aliphatic hydroxyl groups is 1. The molecule has 3 saturated carbocycles.